The second-order valence-electron chi connectivity index (χ2n) is 8.62. The number of aromatic nitrogens is 1. The molecule has 0 radical (unpaired) electrons. The van der Waals surface area contributed by atoms with Gasteiger partial charge in [0.15, 0.2) is 5.76 Å². The summed E-state index contributed by atoms with van der Waals surface area (Å²) in [5, 5.41) is 11.7. The van der Waals surface area contributed by atoms with Crippen LogP contribution in [0.2, 0.25) is 0 Å². The zero-order valence-electron chi connectivity index (χ0n) is 19.1. The lowest BCUT2D eigenvalue weighted by Gasteiger charge is -2.28. The van der Waals surface area contributed by atoms with E-state index in [2.05, 4.69) is 11.1 Å². The summed E-state index contributed by atoms with van der Waals surface area (Å²) < 4.78 is 16.7. The number of nitrogens with zero attached hydrogens (tertiary/aromatic N) is 1. The van der Waals surface area contributed by atoms with Gasteiger partial charge in [0.2, 0.25) is 17.1 Å². The van der Waals surface area contributed by atoms with Crippen LogP contribution >= 0.6 is 0 Å². The molecule has 0 unspecified atom stereocenters. The Morgan fingerprint density at radius 2 is 2.06 bits per heavy atom. The molecule has 1 atom stereocenters. The zero-order valence-corrected chi connectivity index (χ0v) is 19.1. The van der Waals surface area contributed by atoms with Gasteiger partial charge in [0.05, 0.1) is 12.5 Å². The summed E-state index contributed by atoms with van der Waals surface area (Å²) in [7, 11) is 1.48. The van der Waals surface area contributed by atoms with Crippen LogP contribution in [0.3, 0.4) is 0 Å². The third kappa shape index (κ3) is 4.01. The van der Waals surface area contributed by atoms with Crippen molar-refractivity contribution < 1.29 is 23.5 Å². The van der Waals surface area contributed by atoms with Gasteiger partial charge in [0.25, 0.3) is 0 Å². The second kappa shape index (κ2) is 8.87. The minimum Gasteiger partial charge on any atom is -0.502 e. The lowest BCUT2D eigenvalue weighted by atomic mass is 9.96. The Kier molecular flexibility index (Phi) is 5.75. The van der Waals surface area contributed by atoms with Crippen LogP contribution in [-0.2, 0) is 29.1 Å². The monoisotopic (exact) mass is 462 g/mol. The smallest absolute Gasteiger partial charge is 0.227 e. The number of carbonyl (C=O) groups excluding carboxylic acids is 1. The van der Waals surface area contributed by atoms with Crippen molar-refractivity contribution in [2.45, 2.75) is 38.8 Å². The van der Waals surface area contributed by atoms with Crippen LogP contribution in [0.25, 0.3) is 10.9 Å². The predicted molar refractivity (Wildman–Crippen MR) is 125 cm³/mol. The Morgan fingerprint density at radius 1 is 1.24 bits per heavy atom. The number of para-hydroxylation sites is 1. The van der Waals surface area contributed by atoms with Gasteiger partial charge in [-0.2, -0.15) is 0 Å². The first-order valence-corrected chi connectivity index (χ1v) is 11.2. The Balaban J connectivity index is 1.46. The number of methoxy groups -OCH3 is 1. The quantitative estimate of drug-likeness (QED) is 0.449. The van der Waals surface area contributed by atoms with Gasteiger partial charge in [-0.05, 0) is 37.1 Å². The van der Waals surface area contributed by atoms with Crippen molar-refractivity contribution in [3.63, 3.8) is 0 Å². The van der Waals surface area contributed by atoms with Crippen LogP contribution < -0.4 is 5.43 Å². The number of nitrogens with one attached hydrogen (secondary N) is 1. The highest BCUT2D eigenvalue weighted by Crippen LogP contribution is 2.35. The SMILES string of the molecule is COCc1cc(=O)c(O)c([C@H](CC(=O)N2CCc3c([nH]c4ccccc34)C2)c2ccc(C)o2)o1. The maximum Gasteiger partial charge on any atom is 0.227 e. The molecule has 0 spiro atoms. The number of hydrogen-bond acceptors (Lipinski definition) is 6. The van der Waals surface area contributed by atoms with Gasteiger partial charge in [-0.1, -0.05) is 18.2 Å². The number of aromatic amines is 1. The molecule has 0 saturated carbocycles. The number of amides is 1. The van der Waals surface area contributed by atoms with E-state index in [9.17, 15) is 14.7 Å². The minimum atomic E-state index is -0.755. The van der Waals surface area contributed by atoms with E-state index in [0.29, 0.717) is 24.6 Å². The summed E-state index contributed by atoms with van der Waals surface area (Å²) in [5.41, 5.74) is 2.75. The predicted octanol–water partition coefficient (Wildman–Crippen LogP) is 3.98. The molecule has 1 aliphatic rings. The highest BCUT2D eigenvalue weighted by molar-refractivity contribution is 5.85. The van der Waals surface area contributed by atoms with Gasteiger partial charge in [-0.15, -0.1) is 0 Å². The van der Waals surface area contributed by atoms with Gasteiger partial charge >= 0.3 is 0 Å². The molecule has 176 valence electrons. The average Bonchev–Trinajstić information content (AvgIpc) is 3.42. The fourth-order valence-electron chi connectivity index (χ4n) is 4.68. The van der Waals surface area contributed by atoms with Crippen molar-refractivity contribution in [2.75, 3.05) is 13.7 Å². The molecule has 8 nitrogen and oxygen atoms in total. The fraction of sp³-hybridized carbons (Fsp3) is 0.308. The number of H-pyrrole nitrogens is 1. The highest BCUT2D eigenvalue weighted by Gasteiger charge is 2.32. The van der Waals surface area contributed by atoms with Gasteiger partial charge in [0, 0.05) is 42.7 Å². The van der Waals surface area contributed by atoms with Crippen LogP contribution in [0.4, 0.5) is 0 Å². The summed E-state index contributed by atoms with van der Waals surface area (Å²) in [6, 6.07) is 12.8. The topological polar surface area (TPSA) is 109 Å². The minimum absolute atomic E-state index is 0.00515. The molecular weight excluding hydrogens is 436 g/mol. The van der Waals surface area contributed by atoms with E-state index in [1.54, 1.807) is 24.0 Å². The van der Waals surface area contributed by atoms with Gasteiger partial charge < -0.3 is 28.6 Å². The Labute approximate surface area is 195 Å². The third-order valence-electron chi connectivity index (χ3n) is 6.32. The number of aryl methyl sites for hydroxylation is 1. The number of rotatable bonds is 6. The van der Waals surface area contributed by atoms with Gasteiger partial charge in [-0.25, -0.2) is 0 Å². The molecule has 4 aromatic rings. The van der Waals surface area contributed by atoms with Crippen LogP contribution in [-0.4, -0.2) is 34.6 Å². The Hall–Kier alpha value is -3.78. The molecule has 1 aromatic carbocycles. The summed E-state index contributed by atoms with van der Waals surface area (Å²) in [5.74, 6) is -0.0295. The Bertz CT molecular complexity index is 1410. The van der Waals surface area contributed by atoms with Crippen molar-refractivity contribution in [2.24, 2.45) is 0 Å². The van der Waals surface area contributed by atoms with E-state index in [1.807, 2.05) is 18.2 Å². The summed E-state index contributed by atoms with van der Waals surface area (Å²) >= 11 is 0. The first-order chi connectivity index (χ1) is 16.4. The summed E-state index contributed by atoms with van der Waals surface area (Å²) in [6.45, 7) is 2.90. The number of fused-ring (bicyclic) bond motifs is 3. The standard InChI is InChI=1S/C26H26N2O6/c1-15-7-8-23(33-15)19(26-25(31)22(29)11-16(34-26)14-32-2)12-24(30)28-10-9-18-17-5-3-4-6-20(17)27-21(18)13-28/h3-8,11,19,27,31H,9-10,12-14H2,1-2H3/t19-/m1/s1. The van der Waals surface area contributed by atoms with Crippen molar-refractivity contribution in [3.8, 4) is 5.75 Å². The molecule has 34 heavy (non-hydrogen) atoms. The van der Waals surface area contributed by atoms with E-state index in [4.69, 9.17) is 13.6 Å². The number of furan rings is 1. The molecule has 3 aromatic heterocycles. The molecule has 0 saturated heterocycles. The van der Waals surface area contributed by atoms with E-state index >= 15 is 0 Å². The first kappa shape index (κ1) is 22.0. The molecule has 0 bridgehead atoms. The zero-order chi connectivity index (χ0) is 23.8. The van der Waals surface area contributed by atoms with Crippen molar-refractivity contribution in [1.29, 1.82) is 0 Å². The molecule has 0 fully saturated rings. The van der Waals surface area contributed by atoms with E-state index in [-0.39, 0.29) is 30.5 Å². The van der Waals surface area contributed by atoms with E-state index in [0.717, 1.165) is 17.6 Å². The average molecular weight is 463 g/mol. The number of hydrogen-bond donors (Lipinski definition) is 2. The fourth-order valence-corrected chi connectivity index (χ4v) is 4.68. The molecule has 1 aliphatic heterocycles. The lowest BCUT2D eigenvalue weighted by Crippen LogP contribution is -2.36. The molecular formula is C26H26N2O6. The van der Waals surface area contributed by atoms with Crippen LogP contribution in [0.15, 0.2) is 56.1 Å². The van der Waals surface area contributed by atoms with E-state index in [1.165, 1.54) is 24.1 Å². The van der Waals surface area contributed by atoms with Crippen LogP contribution in [0.5, 0.6) is 5.75 Å². The highest BCUT2D eigenvalue weighted by atomic mass is 16.5. The number of ether oxygens (including phenoxy) is 1. The maximum absolute atomic E-state index is 13.4. The van der Waals surface area contributed by atoms with Crippen molar-refractivity contribution in [3.05, 3.63) is 87.0 Å². The number of aromatic hydroxyl groups is 1. The first-order valence-electron chi connectivity index (χ1n) is 11.2. The van der Waals surface area contributed by atoms with E-state index < -0.39 is 17.1 Å². The summed E-state index contributed by atoms with van der Waals surface area (Å²) in [4.78, 5) is 31.0. The molecule has 1 amide bonds. The molecule has 8 heteroatoms. The number of carbonyl (C=O) groups is 1. The van der Waals surface area contributed by atoms with Crippen LogP contribution in [0, 0.1) is 6.92 Å². The summed E-state index contributed by atoms with van der Waals surface area (Å²) in [6.07, 6.45) is 0.731. The molecule has 4 heterocycles. The second-order valence-corrected chi connectivity index (χ2v) is 8.62. The Morgan fingerprint density at radius 3 is 2.82 bits per heavy atom. The van der Waals surface area contributed by atoms with Crippen LogP contribution in [0.1, 0.15) is 46.6 Å². The maximum atomic E-state index is 13.4. The van der Waals surface area contributed by atoms with Gasteiger partial charge in [0.1, 0.15) is 23.9 Å². The molecule has 0 aliphatic carbocycles. The molecule has 5 rings (SSSR count). The van der Waals surface area contributed by atoms with Crippen molar-refractivity contribution in [1.82, 2.24) is 9.88 Å². The number of benzene rings is 1. The largest absolute Gasteiger partial charge is 0.502 e. The normalized spacial score (nSPS) is 14.4. The third-order valence-corrected chi connectivity index (χ3v) is 6.32. The molecule has 2 N–H and O–H groups in total. The lowest BCUT2D eigenvalue weighted by molar-refractivity contribution is -0.132. The van der Waals surface area contributed by atoms with Crippen molar-refractivity contribution >= 4 is 16.8 Å². The van der Waals surface area contributed by atoms with Gasteiger partial charge in [-0.3, -0.25) is 9.59 Å².